The number of ether oxygens (including phenoxy) is 1. The quantitative estimate of drug-likeness (QED) is 0.529. The van der Waals surface area contributed by atoms with Crippen LogP contribution in [0.2, 0.25) is 0 Å². The Morgan fingerprint density at radius 1 is 1.17 bits per heavy atom. The van der Waals surface area contributed by atoms with E-state index in [4.69, 9.17) is 9.15 Å². The molecule has 30 heavy (non-hydrogen) atoms. The van der Waals surface area contributed by atoms with Crippen LogP contribution in [0, 0.1) is 5.92 Å². The van der Waals surface area contributed by atoms with E-state index in [1.54, 1.807) is 23.2 Å². The Hall–Kier alpha value is -2.54. The van der Waals surface area contributed by atoms with Crippen LogP contribution in [0.3, 0.4) is 0 Å². The van der Waals surface area contributed by atoms with Crippen LogP contribution in [0.25, 0.3) is 0 Å². The number of rotatable bonds is 11. The van der Waals surface area contributed by atoms with Gasteiger partial charge in [0, 0.05) is 45.1 Å². The lowest BCUT2D eigenvalue weighted by molar-refractivity contribution is -0.143. The monoisotopic (exact) mass is 415 g/mol. The normalized spacial score (nSPS) is 14.2. The van der Waals surface area contributed by atoms with E-state index >= 15 is 0 Å². The molecule has 3 rings (SSSR count). The highest BCUT2D eigenvalue weighted by atomic mass is 16.5. The minimum Gasteiger partial charge on any atom is -0.467 e. The molecule has 0 saturated heterocycles. The van der Waals surface area contributed by atoms with Crippen LogP contribution in [0.4, 0.5) is 0 Å². The molecule has 2 aromatic rings. The van der Waals surface area contributed by atoms with Gasteiger partial charge >= 0.3 is 0 Å². The van der Waals surface area contributed by atoms with Gasteiger partial charge < -0.3 is 23.5 Å². The van der Waals surface area contributed by atoms with Crippen molar-refractivity contribution >= 4 is 11.8 Å². The van der Waals surface area contributed by atoms with E-state index in [-0.39, 0.29) is 24.3 Å². The summed E-state index contributed by atoms with van der Waals surface area (Å²) in [7, 11) is 3.62. The number of aromatic nitrogens is 1. The molecular weight excluding hydrogens is 382 g/mol. The molecule has 0 spiro atoms. The lowest BCUT2D eigenvalue weighted by Crippen LogP contribution is -2.45. The van der Waals surface area contributed by atoms with Crippen LogP contribution in [0.15, 0.2) is 41.1 Å². The van der Waals surface area contributed by atoms with Crippen molar-refractivity contribution in [1.29, 1.82) is 0 Å². The molecule has 0 aliphatic heterocycles. The molecule has 1 saturated carbocycles. The summed E-state index contributed by atoms with van der Waals surface area (Å²) < 4.78 is 12.6. The zero-order valence-electron chi connectivity index (χ0n) is 18.1. The molecule has 1 aliphatic carbocycles. The van der Waals surface area contributed by atoms with Gasteiger partial charge in [-0.25, -0.2) is 0 Å². The van der Waals surface area contributed by atoms with Gasteiger partial charge in [0.05, 0.1) is 25.9 Å². The first-order chi connectivity index (χ1) is 14.6. The molecule has 2 amide bonds. The Balaban J connectivity index is 1.72. The molecule has 7 nitrogen and oxygen atoms in total. The van der Waals surface area contributed by atoms with Crippen LogP contribution in [-0.2, 0) is 34.5 Å². The smallest absolute Gasteiger partial charge is 0.242 e. The Kier molecular flexibility index (Phi) is 8.13. The fraction of sp³-hybridized carbons (Fsp3) is 0.565. The van der Waals surface area contributed by atoms with Crippen LogP contribution < -0.4 is 0 Å². The molecule has 7 heteroatoms. The Labute approximate surface area is 178 Å². The molecule has 2 heterocycles. The van der Waals surface area contributed by atoms with Crippen LogP contribution >= 0.6 is 0 Å². The molecular formula is C23H33N3O4. The minimum absolute atomic E-state index is 0.0479. The van der Waals surface area contributed by atoms with Gasteiger partial charge in [-0.05, 0) is 43.5 Å². The van der Waals surface area contributed by atoms with E-state index < -0.39 is 0 Å². The Bertz CT molecular complexity index is 793. The maximum Gasteiger partial charge on any atom is 0.242 e. The topological polar surface area (TPSA) is 67.9 Å². The molecule has 164 valence electrons. The van der Waals surface area contributed by atoms with Gasteiger partial charge in [0.2, 0.25) is 11.8 Å². The third-order valence-electron chi connectivity index (χ3n) is 5.80. The lowest BCUT2D eigenvalue weighted by Gasteiger charge is -2.29. The van der Waals surface area contributed by atoms with E-state index in [0.717, 1.165) is 43.6 Å². The average Bonchev–Trinajstić information content (AvgIpc) is 3.50. The second-order valence-electron chi connectivity index (χ2n) is 8.03. The Morgan fingerprint density at radius 2 is 1.97 bits per heavy atom. The van der Waals surface area contributed by atoms with Crippen molar-refractivity contribution in [3.63, 3.8) is 0 Å². The molecule has 2 aromatic heterocycles. The first-order valence-corrected chi connectivity index (χ1v) is 10.8. The summed E-state index contributed by atoms with van der Waals surface area (Å²) in [6.07, 6.45) is 8.33. The van der Waals surface area contributed by atoms with Crippen molar-refractivity contribution in [3.8, 4) is 0 Å². The van der Waals surface area contributed by atoms with Crippen LogP contribution in [0.1, 0.15) is 43.6 Å². The summed E-state index contributed by atoms with van der Waals surface area (Å²) in [4.78, 5) is 29.9. The van der Waals surface area contributed by atoms with E-state index in [0.29, 0.717) is 26.2 Å². The minimum atomic E-state index is -0.0728. The van der Waals surface area contributed by atoms with E-state index in [1.807, 2.05) is 42.1 Å². The molecule has 0 atom stereocenters. The fourth-order valence-electron chi connectivity index (χ4n) is 4.04. The Morgan fingerprint density at radius 3 is 2.60 bits per heavy atom. The second-order valence-corrected chi connectivity index (χ2v) is 8.03. The lowest BCUT2D eigenvalue weighted by atomic mass is 10.1. The van der Waals surface area contributed by atoms with Crippen molar-refractivity contribution in [1.82, 2.24) is 14.4 Å². The summed E-state index contributed by atoms with van der Waals surface area (Å²) in [5, 5.41) is 0. The second kappa shape index (κ2) is 11.0. The van der Waals surface area contributed by atoms with E-state index in [9.17, 15) is 9.59 Å². The van der Waals surface area contributed by atoms with Gasteiger partial charge in [-0.15, -0.1) is 0 Å². The average molecular weight is 416 g/mol. The fourth-order valence-corrected chi connectivity index (χ4v) is 4.04. The van der Waals surface area contributed by atoms with Crippen molar-refractivity contribution in [3.05, 3.63) is 48.2 Å². The van der Waals surface area contributed by atoms with Gasteiger partial charge in [-0.2, -0.15) is 0 Å². The molecule has 0 bridgehead atoms. The number of nitrogens with zero attached hydrogens (tertiary/aromatic N) is 3. The predicted octanol–water partition coefficient (Wildman–Crippen LogP) is 3.20. The molecule has 0 N–H and O–H groups in total. The molecule has 1 fully saturated rings. The molecule has 0 radical (unpaired) electrons. The van der Waals surface area contributed by atoms with Crippen LogP contribution in [0.5, 0.6) is 0 Å². The standard InChI is InChI=1S/C23H33N3O4/c1-24-12-5-10-20(24)16-26(17-21-11-6-15-30-21)22(27)18-25(13-7-14-29-2)23(28)19-8-3-4-9-19/h5-6,10-12,15,19H,3-4,7-9,13-14,16-18H2,1-2H3. The van der Waals surface area contributed by atoms with E-state index in [2.05, 4.69) is 0 Å². The van der Waals surface area contributed by atoms with Crippen molar-refractivity contribution in [2.45, 2.75) is 45.2 Å². The van der Waals surface area contributed by atoms with Crippen molar-refractivity contribution in [2.75, 3.05) is 26.8 Å². The maximum absolute atomic E-state index is 13.3. The summed E-state index contributed by atoms with van der Waals surface area (Å²) >= 11 is 0. The first kappa shape index (κ1) is 22.2. The highest BCUT2D eigenvalue weighted by Gasteiger charge is 2.29. The number of hydrogen-bond acceptors (Lipinski definition) is 4. The third-order valence-corrected chi connectivity index (χ3v) is 5.80. The predicted molar refractivity (Wildman–Crippen MR) is 113 cm³/mol. The summed E-state index contributed by atoms with van der Waals surface area (Å²) in [6.45, 7) is 2.03. The SMILES string of the molecule is COCCCN(CC(=O)N(Cc1ccco1)Cc1cccn1C)C(=O)C1CCCC1. The highest BCUT2D eigenvalue weighted by Crippen LogP contribution is 2.26. The molecule has 0 unspecified atom stereocenters. The number of hydrogen-bond donors (Lipinski definition) is 0. The molecule has 0 aromatic carbocycles. The van der Waals surface area contributed by atoms with Crippen LogP contribution in [-0.4, -0.2) is 53.0 Å². The number of carbonyl (C=O) groups is 2. The number of amides is 2. The number of carbonyl (C=O) groups excluding carboxylic acids is 2. The van der Waals surface area contributed by atoms with Gasteiger partial charge in [-0.3, -0.25) is 9.59 Å². The number of furan rings is 1. The molecule has 1 aliphatic rings. The largest absolute Gasteiger partial charge is 0.467 e. The maximum atomic E-state index is 13.3. The summed E-state index contributed by atoms with van der Waals surface area (Å²) in [5.41, 5.74) is 1.03. The first-order valence-electron chi connectivity index (χ1n) is 10.8. The van der Waals surface area contributed by atoms with Crippen molar-refractivity contribution < 1.29 is 18.7 Å². The zero-order valence-corrected chi connectivity index (χ0v) is 18.1. The summed E-state index contributed by atoms with van der Waals surface area (Å²) in [5.74, 6) is 0.808. The van der Waals surface area contributed by atoms with Gasteiger partial charge in [0.1, 0.15) is 5.76 Å². The summed E-state index contributed by atoms with van der Waals surface area (Å²) in [6, 6.07) is 7.65. The number of methoxy groups -OCH3 is 1. The van der Waals surface area contributed by atoms with Gasteiger partial charge in [-0.1, -0.05) is 12.8 Å². The third kappa shape index (κ3) is 5.98. The van der Waals surface area contributed by atoms with E-state index in [1.165, 1.54) is 0 Å². The van der Waals surface area contributed by atoms with Crippen molar-refractivity contribution in [2.24, 2.45) is 13.0 Å². The highest BCUT2D eigenvalue weighted by molar-refractivity contribution is 5.86. The zero-order chi connectivity index (χ0) is 21.3. The number of aryl methyl sites for hydroxylation is 1. The van der Waals surface area contributed by atoms with Gasteiger partial charge in [0.15, 0.2) is 0 Å². The van der Waals surface area contributed by atoms with Gasteiger partial charge in [0.25, 0.3) is 0 Å².